The van der Waals surface area contributed by atoms with Gasteiger partial charge in [-0.1, -0.05) is 48.5 Å². The lowest BCUT2D eigenvalue weighted by Crippen LogP contribution is -2.20. The van der Waals surface area contributed by atoms with Crippen LogP contribution in [-0.2, 0) is 0 Å². The summed E-state index contributed by atoms with van der Waals surface area (Å²) < 4.78 is 2.57. The molecule has 0 saturated heterocycles. The van der Waals surface area contributed by atoms with Crippen molar-refractivity contribution in [2.45, 2.75) is 0 Å². The van der Waals surface area contributed by atoms with Gasteiger partial charge in [0.2, 0.25) is 11.6 Å². The SMILES string of the molecule is O=c1c(N=Nc2ccccc2[N+](=O)[O-])c(O)n(-c2ccccc2)n1-c1ccccc1. The highest BCUT2D eigenvalue weighted by atomic mass is 16.6. The first kappa shape index (κ1) is 18.8. The summed E-state index contributed by atoms with van der Waals surface area (Å²) in [6.45, 7) is 0. The Morgan fingerprint density at radius 2 is 1.30 bits per heavy atom. The van der Waals surface area contributed by atoms with E-state index in [0.29, 0.717) is 11.4 Å². The van der Waals surface area contributed by atoms with Crippen LogP contribution in [0.3, 0.4) is 0 Å². The van der Waals surface area contributed by atoms with Crippen molar-refractivity contribution in [3.63, 3.8) is 0 Å². The fourth-order valence-corrected chi connectivity index (χ4v) is 2.99. The van der Waals surface area contributed by atoms with Crippen LogP contribution in [0.5, 0.6) is 5.88 Å². The van der Waals surface area contributed by atoms with E-state index < -0.39 is 16.4 Å². The van der Waals surface area contributed by atoms with E-state index in [2.05, 4.69) is 10.2 Å². The Kier molecular flexibility index (Phi) is 4.92. The van der Waals surface area contributed by atoms with E-state index in [1.807, 2.05) is 6.07 Å². The number of nitrogens with zero attached hydrogens (tertiary/aromatic N) is 5. The highest BCUT2D eigenvalue weighted by Gasteiger charge is 2.22. The van der Waals surface area contributed by atoms with Crippen LogP contribution in [0.2, 0.25) is 0 Å². The third-order valence-corrected chi connectivity index (χ3v) is 4.35. The smallest absolute Gasteiger partial charge is 0.303 e. The highest BCUT2D eigenvalue weighted by Crippen LogP contribution is 2.32. The van der Waals surface area contributed by atoms with Crippen LogP contribution < -0.4 is 5.56 Å². The minimum atomic E-state index is -0.620. The molecule has 0 spiro atoms. The monoisotopic (exact) mass is 401 g/mol. The number of rotatable bonds is 5. The van der Waals surface area contributed by atoms with Gasteiger partial charge in [-0.3, -0.25) is 14.9 Å². The number of hydrogen-bond donors (Lipinski definition) is 1. The first-order valence-corrected chi connectivity index (χ1v) is 8.91. The zero-order valence-electron chi connectivity index (χ0n) is 15.5. The van der Waals surface area contributed by atoms with E-state index >= 15 is 0 Å². The first-order chi connectivity index (χ1) is 14.6. The number of hydrogen-bond acceptors (Lipinski definition) is 6. The van der Waals surface area contributed by atoms with Crippen LogP contribution >= 0.6 is 0 Å². The predicted molar refractivity (Wildman–Crippen MR) is 110 cm³/mol. The van der Waals surface area contributed by atoms with Gasteiger partial charge in [-0.15, -0.1) is 10.2 Å². The van der Waals surface area contributed by atoms with Crippen molar-refractivity contribution in [3.8, 4) is 17.3 Å². The Morgan fingerprint density at radius 3 is 1.90 bits per heavy atom. The molecule has 0 aliphatic heterocycles. The minimum absolute atomic E-state index is 0.0278. The summed E-state index contributed by atoms with van der Waals surface area (Å²) in [6, 6.07) is 23.3. The molecule has 1 N–H and O–H groups in total. The van der Waals surface area contributed by atoms with Crippen LogP contribution in [-0.4, -0.2) is 19.4 Å². The molecule has 0 aliphatic rings. The lowest BCUT2D eigenvalue weighted by Gasteiger charge is -2.12. The molecule has 4 aromatic rings. The van der Waals surface area contributed by atoms with Gasteiger partial charge in [0.1, 0.15) is 0 Å². The van der Waals surface area contributed by atoms with E-state index in [1.54, 1.807) is 60.7 Å². The zero-order valence-corrected chi connectivity index (χ0v) is 15.5. The Labute approximate surface area is 169 Å². The second kappa shape index (κ2) is 7.84. The molecule has 0 bridgehead atoms. The number of nitro groups is 1. The van der Waals surface area contributed by atoms with Crippen molar-refractivity contribution in [1.29, 1.82) is 0 Å². The molecular weight excluding hydrogens is 386 g/mol. The molecule has 0 saturated carbocycles. The van der Waals surface area contributed by atoms with Gasteiger partial charge in [0.25, 0.3) is 5.69 Å². The number of aromatic nitrogens is 2. The predicted octanol–water partition coefficient (Wildman–Crippen LogP) is 4.66. The molecule has 148 valence electrons. The summed E-state index contributed by atoms with van der Waals surface area (Å²) in [7, 11) is 0. The lowest BCUT2D eigenvalue weighted by molar-refractivity contribution is -0.384. The Balaban J connectivity index is 1.92. The molecule has 0 amide bonds. The average Bonchev–Trinajstić information content (AvgIpc) is 3.03. The maximum absolute atomic E-state index is 13.1. The summed E-state index contributed by atoms with van der Waals surface area (Å²) in [4.78, 5) is 23.7. The second-order valence-electron chi connectivity index (χ2n) is 6.22. The number of azo groups is 1. The second-order valence-corrected chi connectivity index (χ2v) is 6.22. The van der Waals surface area contributed by atoms with Gasteiger partial charge >= 0.3 is 5.56 Å². The molecule has 0 unspecified atom stereocenters. The minimum Gasteiger partial charge on any atom is -0.492 e. The van der Waals surface area contributed by atoms with E-state index in [-0.39, 0.29) is 17.1 Å². The Hall–Kier alpha value is -4.53. The van der Waals surface area contributed by atoms with Crippen LogP contribution in [0, 0.1) is 10.1 Å². The quantitative estimate of drug-likeness (QED) is 0.297. The maximum atomic E-state index is 13.1. The molecule has 0 fully saturated rings. The fraction of sp³-hybridized carbons (Fsp3) is 0. The standard InChI is InChI=1S/C21H15N5O4/c27-20-19(23-22-17-13-7-8-14-18(17)26(29)30)21(28)25(16-11-5-2-6-12-16)24(20)15-9-3-1-4-10-15/h1-14,27H. The Morgan fingerprint density at radius 1 is 0.767 bits per heavy atom. The van der Waals surface area contributed by atoms with E-state index in [1.165, 1.54) is 27.6 Å². The van der Waals surface area contributed by atoms with Crippen molar-refractivity contribution in [2.75, 3.05) is 0 Å². The van der Waals surface area contributed by atoms with Crippen molar-refractivity contribution in [3.05, 3.63) is 105 Å². The number of nitro benzene ring substituents is 1. The van der Waals surface area contributed by atoms with Gasteiger partial charge in [0, 0.05) is 6.07 Å². The molecule has 9 heteroatoms. The topological polar surface area (TPSA) is 115 Å². The number of aromatic hydroxyl groups is 1. The molecule has 0 atom stereocenters. The third-order valence-electron chi connectivity index (χ3n) is 4.35. The summed E-state index contributed by atoms with van der Waals surface area (Å²) in [5, 5.41) is 29.7. The van der Waals surface area contributed by atoms with E-state index in [9.17, 15) is 20.0 Å². The van der Waals surface area contributed by atoms with Crippen LogP contribution in [0.4, 0.5) is 17.1 Å². The molecule has 1 heterocycles. The van der Waals surface area contributed by atoms with Gasteiger partial charge in [-0.25, -0.2) is 9.36 Å². The van der Waals surface area contributed by atoms with Crippen LogP contribution in [0.25, 0.3) is 11.4 Å². The maximum Gasteiger partial charge on any atom is 0.303 e. The summed E-state index contributed by atoms with van der Waals surface area (Å²) in [5.74, 6) is -0.433. The first-order valence-electron chi connectivity index (χ1n) is 8.91. The highest BCUT2D eigenvalue weighted by molar-refractivity contribution is 5.58. The molecule has 4 rings (SSSR count). The molecule has 0 radical (unpaired) electrons. The van der Waals surface area contributed by atoms with Gasteiger partial charge in [-0.05, 0) is 30.3 Å². The normalized spacial score (nSPS) is 11.1. The third kappa shape index (κ3) is 3.35. The van der Waals surface area contributed by atoms with Crippen LogP contribution in [0.15, 0.2) is 100.0 Å². The van der Waals surface area contributed by atoms with Gasteiger partial charge in [0.15, 0.2) is 5.69 Å². The fourth-order valence-electron chi connectivity index (χ4n) is 2.99. The molecule has 0 aliphatic carbocycles. The summed E-state index contributed by atoms with van der Waals surface area (Å²) in [6.07, 6.45) is 0. The molecule has 30 heavy (non-hydrogen) atoms. The largest absolute Gasteiger partial charge is 0.492 e. The van der Waals surface area contributed by atoms with Crippen molar-refractivity contribution in [2.24, 2.45) is 10.2 Å². The lowest BCUT2D eigenvalue weighted by atomic mass is 10.3. The molecule has 3 aromatic carbocycles. The molecule has 1 aromatic heterocycles. The van der Waals surface area contributed by atoms with Crippen LogP contribution in [0.1, 0.15) is 0 Å². The molecular formula is C21H15N5O4. The number of para-hydroxylation sites is 3. The van der Waals surface area contributed by atoms with Crippen molar-refractivity contribution < 1.29 is 10.0 Å². The zero-order chi connectivity index (χ0) is 21.1. The van der Waals surface area contributed by atoms with Crippen molar-refractivity contribution >= 4 is 17.1 Å². The van der Waals surface area contributed by atoms with Gasteiger partial charge < -0.3 is 5.11 Å². The number of benzene rings is 3. The summed E-state index contributed by atoms with van der Waals surface area (Å²) >= 11 is 0. The van der Waals surface area contributed by atoms with E-state index in [4.69, 9.17) is 0 Å². The van der Waals surface area contributed by atoms with Gasteiger partial charge in [0.05, 0.1) is 16.3 Å². The van der Waals surface area contributed by atoms with Crippen molar-refractivity contribution in [1.82, 2.24) is 9.36 Å². The average molecular weight is 401 g/mol. The van der Waals surface area contributed by atoms with Gasteiger partial charge in [-0.2, -0.15) is 0 Å². The Bertz CT molecular complexity index is 1290. The molecule has 9 nitrogen and oxygen atoms in total. The van der Waals surface area contributed by atoms with E-state index in [0.717, 1.165) is 0 Å². The summed E-state index contributed by atoms with van der Waals surface area (Å²) in [5.41, 5.74) is -0.200.